The second-order valence-electron chi connectivity index (χ2n) is 5.46. The minimum absolute atomic E-state index is 0.182. The number of nitrogens with one attached hydrogen (secondary N) is 2. The lowest BCUT2D eigenvalue weighted by molar-refractivity contribution is -0.385. The van der Waals surface area contributed by atoms with Crippen LogP contribution in [0.3, 0.4) is 0 Å². The fraction of sp³-hybridized carbons (Fsp3) is 0.176. The van der Waals surface area contributed by atoms with Crippen LogP contribution in [0.1, 0.15) is 18.1 Å². The number of ether oxygens (including phenoxy) is 1. The van der Waals surface area contributed by atoms with Crippen molar-refractivity contribution in [3.8, 4) is 11.5 Å². The molecule has 2 rings (SSSR count). The maximum absolute atomic E-state index is 12.8. The summed E-state index contributed by atoms with van der Waals surface area (Å²) in [6.45, 7) is 2.53. The molecule has 0 amide bonds. The van der Waals surface area contributed by atoms with E-state index in [1.807, 2.05) is 6.92 Å². The number of benzene rings is 2. The van der Waals surface area contributed by atoms with Crippen LogP contribution in [0.4, 0.5) is 18.9 Å². The summed E-state index contributed by atoms with van der Waals surface area (Å²) in [5.74, 6) is -0.135. The third kappa shape index (κ3) is 6.39. The number of nitro groups is 1. The van der Waals surface area contributed by atoms with Crippen LogP contribution in [0, 0.1) is 10.1 Å². The molecule has 0 bridgehead atoms. The molecule has 154 valence electrons. The van der Waals surface area contributed by atoms with E-state index in [0.29, 0.717) is 27.8 Å². The van der Waals surface area contributed by atoms with Crippen molar-refractivity contribution < 1.29 is 22.8 Å². The molecule has 0 saturated heterocycles. The minimum Gasteiger partial charge on any atom is -0.449 e. The number of thiocarbonyl (C=S) groups is 1. The van der Waals surface area contributed by atoms with Crippen molar-refractivity contribution in [2.24, 2.45) is 5.10 Å². The van der Waals surface area contributed by atoms with Crippen LogP contribution in [0.2, 0.25) is 0 Å². The average molecular weight is 491 g/mol. The number of hydrogen-bond donors (Lipinski definition) is 2. The van der Waals surface area contributed by atoms with E-state index < -0.39 is 22.4 Å². The number of rotatable bonds is 6. The summed E-state index contributed by atoms with van der Waals surface area (Å²) in [5, 5.41) is 18.3. The minimum atomic E-state index is -4.70. The number of nitrogens with zero attached hydrogens (tertiary/aromatic N) is 2. The zero-order valence-electron chi connectivity index (χ0n) is 14.8. The van der Waals surface area contributed by atoms with Crippen molar-refractivity contribution in [1.29, 1.82) is 0 Å². The van der Waals surface area contributed by atoms with E-state index >= 15 is 0 Å². The van der Waals surface area contributed by atoms with Gasteiger partial charge in [0.15, 0.2) is 5.11 Å². The van der Waals surface area contributed by atoms with Gasteiger partial charge in [0, 0.05) is 12.6 Å². The number of alkyl halides is 3. The van der Waals surface area contributed by atoms with Crippen LogP contribution >= 0.6 is 28.1 Å². The standard InChI is InChI=1S/C17H14BrF3N4O3S/c1-2-22-16(29)24-23-9-10-3-5-14(12(18)7-10)28-15-6-4-11(17(19,20)21)8-13(15)25(26)27/h3-9H,2H2,1H3,(H2,22,24,29)/b23-9-. The van der Waals surface area contributed by atoms with Gasteiger partial charge in [0.25, 0.3) is 0 Å². The molecule has 0 aliphatic rings. The normalized spacial score (nSPS) is 11.3. The van der Waals surface area contributed by atoms with Gasteiger partial charge >= 0.3 is 11.9 Å². The predicted octanol–water partition coefficient (Wildman–Crippen LogP) is 4.99. The Morgan fingerprint density at radius 1 is 1.31 bits per heavy atom. The van der Waals surface area contributed by atoms with Crippen molar-refractivity contribution in [1.82, 2.24) is 10.7 Å². The monoisotopic (exact) mass is 490 g/mol. The molecule has 12 heteroatoms. The number of halogens is 4. The summed E-state index contributed by atoms with van der Waals surface area (Å²) >= 11 is 8.23. The van der Waals surface area contributed by atoms with E-state index in [-0.39, 0.29) is 11.5 Å². The highest BCUT2D eigenvalue weighted by molar-refractivity contribution is 9.10. The molecule has 29 heavy (non-hydrogen) atoms. The van der Waals surface area contributed by atoms with Crippen molar-refractivity contribution >= 4 is 45.2 Å². The second kappa shape index (κ2) is 9.65. The zero-order chi connectivity index (χ0) is 21.6. The van der Waals surface area contributed by atoms with Gasteiger partial charge in [-0.1, -0.05) is 0 Å². The van der Waals surface area contributed by atoms with E-state index in [9.17, 15) is 23.3 Å². The van der Waals surface area contributed by atoms with E-state index in [1.165, 1.54) is 12.3 Å². The Morgan fingerprint density at radius 2 is 2.00 bits per heavy atom. The summed E-state index contributed by atoms with van der Waals surface area (Å²) in [6, 6.07) is 6.79. The third-order valence-corrected chi connectivity index (χ3v) is 4.23. The first-order chi connectivity index (χ1) is 13.6. The Balaban J connectivity index is 2.21. The second-order valence-corrected chi connectivity index (χ2v) is 6.72. The Hall–Kier alpha value is -2.73. The third-order valence-electron chi connectivity index (χ3n) is 3.38. The van der Waals surface area contributed by atoms with Crippen LogP contribution in [0.25, 0.3) is 0 Å². The Bertz CT molecular complexity index is 954. The molecule has 0 saturated carbocycles. The van der Waals surface area contributed by atoms with Crippen LogP contribution in [-0.2, 0) is 6.18 Å². The molecular weight excluding hydrogens is 477 g/mol. The highest BCUT2D eigenvalue weighted by Gasteiger charge is 2.33. The molecule has 2 aromatic carbocycles. The highest BCUT2D eigenvalue weighted by Crippen LogP contribution is 2.39. The van der Waals surface area contributed by atoms with Gasteiger partial charge in [0.2, 0.25) is 5.75 Å². The zero-order valence-corrected chi connectivity index (χ0v) is 17.2. The number of nitro benzene ring substituents is 1. The van der Waals surface area contributed by atoms with Crippen LogP contribution in [0.5, 0.6) is 11.5 Å². The molecule has 7 nitrogen and oxygen atoms in total. The van der Waals surface area contributed by atoms with Gasteiger partial charge in [-0.05, 0) is 71.0 Å². The van der Waals surface area contributed by atoms with Crippen molar-refractivity contribution in [3.05, 3.63) is 62.1 Å². The summed E-state index contributed by atoms with van der Waals surface area (Å²) < 4.78 is 44.3. The van der Waals surface area contributed by atoms with Gasteiger partial charge in [-0.3, -0.25) is 15.5 Å². The molecule has 0 radical (unpaired) electrons. The first-order valence-electron chi connectivity index (χ1n) is 8.01. The largest absolute Gasteiger partial charge is 0.449 e. The number of hydrazone groups is 1. The van der Waals surface area contributed by atoms with Gasteiger partial charge in [-0.2, -0.15) is 18.3 Å². The Labute approximate surface area is 177 Å². The maximum atomic E-state index is 12.8. The molecule has 0 heterocycles. The van der Waals surface area contributed by atoms with Gasteiger partial charge in [-0.15, -0.1) is 0 Å². The fourth-order valence-electron chi connectivity index (χ4n) is 2.09. The molecule has 2 aromatic rings. The molecule has 0 unspecified atom stereocenters. The van der Waals surface area contributed by atoms with Crippen LogP contribution in [0.15, 0.2) is 46.0 Å². The van der Waals surface area contributed by atoms with Gasteiger partial charge in [0.05, 0.1) is 21.2 Å². The summed E-state index contributed by atoms with van der Waals surface area (Å²) in [5.41, 5.74) is 1.34. The molecule has 0 aliphatic carbocycles. The molecule has 0 fully saturated rings. The summed E-state index contributed by atoms with van der Waals surface area (Å²) in [4.78, 5) is 10.2. The lowest BCUT2D eigenvalue weighted by atomic mass is 10.2. The first kappa shape index (κ1) is 22.6. The van der Waals surface area contributed by atoms with Crippen molar-refractivity contribution in [2.75, 3.05) is 6.54 Å². The van der Waals surface area contributed by atoms with Gasteiger partial charge in [-0.25, -0.2) is 0 Å². The molecule has 0 atom stereocenters. The molecule has 2 N–H and O–H groups in total. The van der Waals surface area contributed by atoms with E-state index in [2.05, 4.69) is 31.8 Å². The van der Waals surface area contributed by atoms with Crippen molar-refractivity contribution in [3.63, 3.8) is 0 Å². The average Bonchev–Trinajstić information content (AvgIpc) is 2.63. The SMILES string of the molecule is CCNC(=S)N/N=C\c1ccc(Oc2ccc(C(F)(F)F)cc2[N+](=O)[O-])c(Br)c1. The van der Waals surface area contributed by atoms with E-state index in [0.717, 1.165) is 12.1 Å². The Morgan fingerprint density at radius 3 is 2.59 bits per heavy atom. The first-order valence-corrected chi connectivity index (χ1v) is 9.22. The van der Waals surface area contributed by atoms with E-state index in [4.69, 9.17) is 17.0 Å². The molecule has 0 spiro atoms. The molecule has 0 aliphatic heterocycles. The smallest absolute Gasteiger partial charge is 0.416 e. The summed E-state index contributed by atoms with van der Waals surface area (Å²) in [6.07, 6.45) is -3.22. The van der Waals surface area contributed by atoms with Gasteiger partial charge in [0.1, 0.15) is 5.75 Å². The van der Waals surface area contributed by atoms with Crippen LogP contribution < -0.4 is 15.5 Å². The van der Waals surface area contributed by atoms with Crippen LogP contribution in [-0.4, -0.2) is 22.8 Å². The van der Waals surface area contributed by atoms with Crippen molar-refractivity contribution in [2.45, 2.75) is 13.1 Å². The number of hydrogen-bond acceptors (Lipinski definition) is 5. The highest BCUT2D eigenvalue weighted by atomic mass is 79.9. The lowest BCUT2D eigenvalue weighted by Gasteiger charge is -2.11. The van der Waals surface area contributed by atoms with E-state index in [1.54, 1.807) is 12.1 Å². The lowest BCUT2D eigenvalue weighted by Crippen LogP contribution is -2.31. The summed E-state index contributed by atoms with van der Waals surface area (Å²) in [7, 11) is 0. The van der Waals surface area contributed by atoms with Gasteiger partial charge < -0.3 is 10.1 Å². The fourth-order valence-corrected chi connectivity index (χ4v) is 2.76. The molecule has 0 aromatic heterocycles. The topological polar surface area (TPSA) is 88.8 Å². The predicted molar refractivity (Wildman–Crippen MR) is 109 cm³/mol. The molecular formula is C17H14BrF3N4O3S. The Kier molecular flexibility index (Phi) is 7.51. The maximum Gasteiger partial charge on any atom is 0.416 e. The quantitative estimate of drug-likeness (QED) is 0.256.